The van der Waals surface area contributed by atoms with Gasteiger partial charge in [-0.15, -0.1) is 0 Å². The second-order valence-electron chi connectivity index (χ2n) is 3.57. The highest BCUT2D eigenvalue weighted by molar-refractivity contribution is 5.81. The molecule has 0 aromatic carbocycles. The van der Waals surface area contributed by atoms with E-state index in [1.807, 2.05) is 0 Å². The van der Waals surface area contributed by atoms with Crippen LogP contribution in [0.25, 0.3) is 0 Å². The Morgan fingerprint density at radius 2 is 2.31 bits per heavy atom. The van der Waals surface area contributed by atoms with Gasteiger partial charge in [-0.1, -0.05) is 6.92 Å². The first-order valence-electron chi connectivity index (χ1n) is 4.72. The molecule has 0 aromatic heterocycles. The van der Waals surface area contributed by atoms with E-state index in [0.29, 0.717) is 5.92 Å². The summed E-state index contributed by atoms with van der Waals surface area (Å²) in [5.41, 5.74) is 0. The van der Waals surface area contributed by atoms with Crippen LogP contribution in [0.15, 0.2) is 0 Å². The Morgan fingerprint density at radius 1 is 1.62 bits per heavy atom. The highest BCUT2D eigenvalue weighted by Crippen LogP contribution is 2.16. The zero-order valence-corrected chi connectivity index (χ0v) is 8.54. The average Bonchev–Trinajstić information content (AvgIpc) is 2.16. The molecular formula is C9H18N2O2. The lowest BCUT2D eigenvalue weighted by molar-refractivity contribution is -0.172. The van der Waals surface area contributed by atoms with Crippen LogP contribution in [-0.2, 0) is 9.63 Å². The second-order valence-corrected chi connectivity index (χ2v) is 3.57. The van der Waals surface area contributed by atoms with E-state index in [1.165, 1.54) is 12.2 Å². The Bertz CT molecular complexity index is 184. The van der Waals surface area contributed by atoms with E-state index in [1.54, 1.807) is 7.05 Å². The molecule has 1 rings (SSSR count). The molecule has 4 nitrogen and oxygen atoms in total. The molecule has 76 valence electrons. The molecule has 0 aliphatic carbocycles. The lowest BCUT2D eigenvalue weighted by Crippen LogP contribution is -2.51. The van der Waals surface area contributed by atoms with Crippen molar-refractivity contribution in [3.63, 3.8) is 0 Å². The van der Waals surface area contributed by atoms with Crippen LogP contribution >= 0.6 is 0 Å². The molecular weight excluding hydrogens is 168 g/mol. The first-order chi connectivity index (χ1) is 6.16. The number of likely N-dealkylation sites (N-methyl/N-ethyl adjacent to an activating group) is 1. The van der Waals surface area contributed by atoms with Gasteiger partial charge < -0.3 is 5.32 Å². The molecule has 2 atom stereocenters. The highest BCUT2D eigenvalue weighted by atomic mass is 16.7. The Labute approximate surface area is 79.2 Å². The molecule has 1 heterocycles. The molecule has 1 amide bonds. The topological polar surface area (TPSA) is 41.6 Å². The molecule has 1 fully saturated rings. The van der Waals surface area contributed by atoms with Gasteiger partial charge >= 0.3 is 0 Å². The van der Waals surface area contributed by atoms with Gasteiger partial charge in [-0.3, -0.25) is 9.63 Å². The zero-order chi connectivity index (χ0) is 9.84. The van der Waals surface area contributed by atoms with Crippen molar-refractivity contribution >= 4 is 5.91 Å². The van der Waals surface area contributed by atoms with Crippen molar-refractivity contribution in [2.45, 2.75) is 25.8 Å². The van der Waals surface area contributed by atoms with E-state index in [9.17, 15) is 4.79 Å². The molecule has 1 saturated heterocycles. The Balaban J connectivity index is 2.53. The first-order valence-corrected chi connectivity index (χ1v) is 4.72. The molecule has 0 spiro atoms. The summed E-state index contributed by atoms with van der Waals surface area (Å²) in [7, 11) is 3.15. The Morgan fingerprint density at radius 3 is 2.85 bits per heavy atom. The van der Waals surface area contributed by atoms with E-state index >= 15 is 0 Å². The van der Waals surface area contributed by atoms with Crippen LogP contribution in [0.1, 0.15) is 19.8 Å². The van der Waals surface area contributed by atoms with Crippen LogP contribution in [0.4, 0.5) is 0 Å². The quantitative estimate of drug-likeness (QED) is 0.634. The summed E-state index contributed by atoms with van der Waals surface area (Å²) in [4.78, 5) is 16.5. The van der Waals surface area contributed by atoms with E-state index in [0.717, 1.165) is 19.4 Å². The van der Waals surface area contributed by atoms with Crippen LogP contribution < -0.4 is 5.32 Å². The van der Waals surface area contributed by atoms with E-state index in [-0.39, 0.29) is 11.9 Å². The van der Waals surface area contributed by atoms with Gasteiger partial charge in [-0.05, 0) is 25.3 Å². The van der Waals surface area contributed by atoms with Crippen LogP contribution in [0.5, 0.6) is 0 Å². The standard InChI is InChI=1S/C9H18N2O2/c1-7-5-4-6-10-8(7)9(12)11(2)13-3/h7-8,10H,4-6H2,1-3H3. The molecule has 0 bridgehead atoms. The number of rotatable bonds is 2. The summed E-state index contributed by atoms with van der Waals surface area (Å²) in [6, 6.07) is -0.0706. The van der Waals surface area contributed by atoms with Crippen molar-refractivity contribution in [3.05, 3.63) is 0 Å². The summed E-state index contributed by atoms with van der Waals surface area (Å²) < 4.78 is 0. The zero-order valence-electron chi connectivity index (χ0n) is 8.54. The molecule has 1 aliphatic rings. The van der Waals surface area contributed by atoms with Crippen molar-refractivity contribution in [3.8, 4) is 0 Å². The predicted molar refractivity (Wildman–Crippen MR) is 50.0 cm³/mol. The number of hydroxylamine groups is 2. The monoisotopic (exact) mass is 186 g/mol. The van der Waals surface area contributed by atoms with Crippen molar-refractivity contribution in [1.82, 2.24) is 10.4 Å². The van der Waals surface area contributed by atoms with Gasteiger partial charge in [0.15, 0.2) is 0 Å². The molecule has 1 aliphatic heterocycles. The number of carbonyl (C=O) groups is 1. The van der Waals surface area contributed by atoms with Gasteiger partial charge in [0.05, 0.1) is 13.2 Å². The van der Waals surface area contributed by atoms with Crippen LogP contribution in [0, 0.1) is 5.92 Å². The van der Waals surface area contributed by atoms with Gasteiger partial charge in [0.25, 0.3) is 5.91 Å². The van der Waals surface area contributed by atoms with Crippen molar-refractivity contribution in [1.29, 1.82) is 0 Å². The second kappa shape index (κ2) is 4.58. The third kappa shape index (κ3) is 2.42. The molecule has 1 N–H and O–H groups in total. The van der Waals surface area contributed by atoms with Crippen molar-refractivity contribution in [2.24, 2.45) is 5.92 Å². The van der Waals surface area contributed by atoms with E-state index < -0.39 is 0 Å². The lowest BCUT2D eigenvalue weighted by Gasteiger charge is -2.31. The molecule has 13 heavy (non-hydrogen) atoms. The van der Waals surface area contributed by atoms with Crippen LogP contribution in [0.2, 0.25) is 0 Å². The molecule has 2 unspecified atom stereocenters. The van der Waals surface area contributed by atoms with Crippen molar-refractivity contribution in [2.75, 3.05) is 20.7 Å². The van der Waals surface area contributed by atoms with E-state index in [2.05, 4.69) is 12.2 Å². The maximum absolute atomic E-state index is 11.7. The number of nitrogens with one attached hydrogen (secondary N) is 1. The minimum atomic E-state index is -0.0706. The predicted octanol–water partition coefficient (Wildman–Crippen LogP) is 0.394. The minimum Gasteiger partial charge on any atom is -0.306 e. The Kier molecular flexibility index (Phi) is 3.69. The van der Waals surface area contributed by atoms with Gasteiger partial charge in [0.1, 0.15) is 0 Å². The number of amides is 1. The fraction of sp³-hybridized carbons (Fsp3) is 0.889. The molecule has 0 radical (unpaired) electrons. The number of piperidine rings is 1. The van der Waals surface area contributed by atoms with Gasteiger partial charge in [-0.25, -0.2) is 5.06 Å². The van der Waals surface area contributed by atoms with Crippen LogP contribution in [-0.4, -0.2) is 37.7 Å². The fourth-order valence-electron chi connectivity index (χ4n) is 1.67. The summed E-state index contributed by atoms with van der Waals surface area (Å²) in [6.45, 7) is 3.02. The third-order valence-electron chi connectivity index (χ3n) is 2.62. The minimum absolute atomic E-state index is 0.0229. The number of carbonyl (C=O) groups excluding carboxylic acids is 1. The highest BCUT2D eigenvalue weighted by Gasteiger charge is 2.29. The molecule has 0 aromatic rings. The summed E-state index contributed by atoms with van der Waals surface area (Å²) in [5, 5.41) is 4.50. The summed E-state index contributed by atoms with van der Waals surface area (Å²) in [6.07, 6.45) is 2.27. The average molecular weight is 186 g/mol. The van der Waals surface area contributed by atoms with Gasteiger partial charge in [0.2, 0.25) is 0 Å². The van der Waals surface area contributed by atoms with Gasteiger partial charge in [-0.2, -0.15) is 0 Å². The largest absolute Gasteiger partial charge is 0.306 e. The van der Waals surface area contributed by atoms with Crippen molar-refractivity contribution < 1.29 is 9.63 Å². The van der Waals surface area contributed by atoms with Crippen LogP contribution in [0.3, 0.4) is 0 Å². The van der Waals surface area contributed by atoms with E-state index in [4.69, 9.17) is 4.84 Å². The lowest BCUT2D eigenvalue weighted by atomic mass is 9.92. The molecule has 0 saturated carbocycles. The summed E-state index contributed by atoms with van der Waals surface area (Å²) in [5.74, 6) is 0.425. The third-order valence-corrected chi connectivity index (χ3v) is 2.62. The summed E-state index contributed by atoms with van der Waals surface area (Å²) >= 11 is 0. The number of hydrogen-bond donors (Lipinski definition) is 1. The normalized spacial score (nSPS) is 28.5. The number of hydrogen-bond acceptors (Lipinski definition) is 3. The van der Waals surface area contributed by atoms with Gasteiger partial charge in [0, 0.05) is 7.05 Å². The fourth-order valence-corrected chi connectivity index (χ4v) is 1.67. The number of nitrogens with zero attached hydrogens (tertiary/aromatic N) is 1. The SMILES string of the molecule is CON(C)C(=O)C1NCCCC1C. The molecule has 4 heteroatoms. The smallest absolute Gasteiger partial charge is 0.263 e. The maximum atomic E-state index is 11.7. The Hall–Kier alpha value is -0.610. The maximum Gasteiger partial charge on any atom is 0.263 e. The first kappa shape index (κ1) is 10.5.